The second-order valence-corrected chi connectivity index (χ2v) is 59.2. The Labute approximate surface area is 900 Å². The Morgan fingerprint density at radius 3 is 0.905 bits per heavy atom. The van der Waals surface area contributed by atoms with Crippen LogP contribution in [0.15, 0.2) is 121 Å². The predicted molar refractivity (Wildman–Crippen MR) is 595 cm³/mol. The van der Waals surface area contributed by atoms with E-state index in [2.05, 4.69) is 87.4 Å². The maximum Gasteiger partial charge on any atom is 0.166 e. The zero-order valence-corrected chi connectivity index (χ0v) is 95.0. The molecular weight excluding hydrogens is 1870 g/mol. The summed E-state index contributed by atoms with van der Waals surface area (Å²) >= 11 is 12.4. The quantitative estimate of drug-likeness (QED) is 0.0790. The number of hydrogen-bond donors (Lipinski definition) is 5. The standard InChI is InChI=1S/C28H40O2.C27H37ClO2.C27H38O3.C27H38O2.C26H35ClO2/c1-18-6-5-7-19(16-18)25(29)24-11-10-22-21-9-8-20-17-26(2,30)14-15-27(20,3)23(21)12-13-28(22,24)4;1-25(30)13-14-26(2)18(16-25)7-8-20-21-9-10-23(27(21,3)12-11-22(20)26)24(29)17-5-4-6-19(28)15-17;1-26(29)13-11-20-18(16-26)7-8-22-21(20)12-14-27(2)23(22)9-10-24(27)25(28)17-5-4-6-19(15-17)30-3;1-17-6-4-5-7-19(17)25(28)24-11-10-23-22-9-8-18-16-26(2,29)14-12-20(18)21(22)13-15-27(23,24)3;1-25(29)12-10-19-17(15-25)6-7-21-20(19)11-13-26(2)22(21)8-9-23(26)24(28)16-4-3-5-18(27)14-16/h5-7,16,20-24,30H,8-15,17H2,1-4H3;4-6,15,18,20-23,30H,7-14,16H2,1-3H3;4-6,15,18,20-24,29H,7-14,16H2,1-3H3;4-7,18,20-24,29H,8-16H2,1-3H3;3-5,14,17,19-23,29H,6-13,15H2,1-2H3/t20-,21+,22+,23+,24-,26-,27+,28+;18-,20+,21+,22+,23-,25-,26+,27+;2*18-,20+,21-,22-,23+,24-,26-,27+;17-,19+,20-,21-,22+,23-,25-,26+/m11111/s1. The number of aliphatic hydroxyl groups is 5. The molecule has 40 atom stereocenters. The van der Waals surface area contributed by atoms with Gasteiger partial charge in [0.15, 0.2) is 28.9 Å². The number of halogens is 2. The van der Waals surface area contributed by atoms with E-state index in [1.54, 1.807) is 7.11 Å². The molecule has 0 spiro atoms. The van der Waals surface area contributed by atoms with Crippen LogP contribution in [0.4, 0.5) is 0 Å². The second-order valence-electron chi connectivity index (χ2n) is 58.4. The van der Waals surface area contributed by atoms with Crippen LogP contribution >= 0.6 is 23.2 Å². The highest BCUT2D eigenvalue weighted by molar-refractivity contribution is 6.31. The summed E-state index contributed by atoms with van der Waals surface area (Å²) in [6.45, 7) is 31.7. The highest BCUT2D eigenvalue weighted by atomic mass is 35.5. The van der Waals surface area contributed by atoms with Crippen LogP contribution in [0, 0.1) is 217 Å². The first-order valence-corrected chi connectivity index (χ1v) is 61.5. The fourth-order valence-electron chi connectivity index (χ4n) is 43.0. The second kappa shape index (κ2) is 40.9. The van der Waals surface area contributed by atoms with E-state index in [-0.39, 0.29) is 56.7 Å². The van der Waals surface area contributed by atoms with Gasteiger partial charge in [-0.25, -0.2) is 0 Å². The lowest BCUT2D eigenvalue weighted by molar-refractivity contribution is -0.144. The molecule has 808 valence electrons. The monoisotopic (exact) mass is 2060 g/mol. The molecule has 0 aliphatic heterocycles. The zero-order chi connectivity index (χ0) is 104. The lowest BCUT2D eigenvalue weighted by atomic mass is 9.44. The Morgan fingerprint density at radius 2 is 0.554 bits per heavy atom. The summed E-state index contributed by atoms with van der Waals surface area (Å²) < 4.78 is 5.37. The fourth-order valence-corrected chi connectivity index (χ4v) is 43.3. The van der Waals surface area contributed by atoms with Gasteiger partial charge in [0.05, 0.1) is 35.1 Å². The number of aryl methyl sites for hydroxylation is 2. The van der Waals surface area contributed by atoms with E-state index in [1.807, 2.05) is 131 Å². The molecule has 5 aromatic rings. The Kier molecular flexibility index (Phi) is 29.9. The Bertz CT molecular complexity index is 5540. The van der Waals surface area contributed by atoms with E-state index in [1.165, 1.54) is 198 Å². The molecule has 0 aromatic heterocycles. The minimum atomic E-state index is -0.470. The summed E-state index contributed by atoms with van der Waals surface area (Å²) in [5.74, 6) is 20.8. The summed E-state index contributed by atoms with van der Waals surface area (Å²) in [4.78, 5) is 67.6. The molecule has 0 saturated heterocycles. The Balaban J connectivity index is 0.000000108. The molecule has 20 saturated carbocycles. The van der Waals surface area contributed by atoms with Crippen LogP contribution in [0.1, 0.15) is 435 Å². The molecule has 5 N–H and O–H groups in total. The lowest BCUT2D eigenvalue weighted by Crippen LogP contribution is -2.55. The van der Waals surface area contributed by atoms with Crippen molar-refractivity contribution in [2.75, 3.05) is 7.11 Å². The average molecular weight is 2060 g/mol. The van der Waals surface area contributed by atoms with Crippen molar-refractivity contribution in [3.05, 3.63) is 170 Å². The third-order valence-corrected chi connectivity index (χ3v) is 51.0. The van der Waals surface area contributed by atoms with Crippen LogP contribution in [0.25, 0.3) is 0 Å². The molecule has 11 nitrogen and oxygen atoms in total. The van der Waals surface area contributed by atoms with Gasteiger partial charge in [-0.3, -0.25) is 24.0 Å². The number of ketones is 5. The summed E-state index contributed by atoms with van der Waals surface area (Å²) in [6.07, 6.45) is 52.5. The molecular formula is C135H188Cl2O11. The minimum absolute atomic E-state index is 0.129. The van der Waals surface area contributed by atoms with E-state index in [0.29, 0.717) is 85.3 Å². The van der Waals surface area contributed by atoms with Gasteiger partial charge in [-0.1, -0.05) is 156 Å². The molecule has 0 heterocycles. The van der Waals surface area contributed by atoms with Crippen molar-refractivity contribution < 1.29 is 54.2 Å². The molecule has 20 fully saturated rings. The first kappa shape index (κ1) is 108. The molecule has 20 aliphatic carbocycles. The summed E-state index contributed by atoms with van der Waals surface area (Å²) in [5.41, 5.74) is 5.91. The Morgan fingerprint density at radius 1 is 0.257 bits per heavy atom. The number of carbonyl (C=O) groups is 5. The molecule has 0 unspecified atom stereocenters. The summed E-state index contributed by atoms with van der Waals surface area (Å²) in [5, 5.41) is 54.5. The number of carbonyl (C=O) groups excluding carboxylic acids is 5. The number of ether oxygens (including phenoxy) is 1. The maximum absolute atomic E-state index is 13.6. The van der Waals surface area contributed by atoms with Gasteiger partial charge in [0.1, 0.15) is 5.75 Å². The zero-order valence-electron chi connectivity index (χ0n) is 93.5. The maximum atomic E-state index is 13.6. The molecule has 0 radical (unpaired) electrons. The van der Waals surface area contributed by atoms with Crippen molar-refractivity contribution in [2.45, 2.75) is 414 Å². The van der Waals surface area contributed by atoms with Crippen LogP contribution in [0.3, 0.4) is 0 Å². The topological polar surface area (TPSA) is 196 Å². The van der Waals surface area contributed by atoms with Gasteiger partial charge in [-0.05, 0) is 559 Å². The van der Waals surface area contributed by atoms with Gasteiger partial charge >= 0.3 is 0 Å². The van der Waals surface area contributed by atoms with E-state index >= 15 is 0 Å². The Hall–Kier alpha value is -5.37. The van der Waals surface area contributed by atoms with E-state index in [4.69, 9.17) is 27.9 Å². The highest BCUT2D eigenvalue weighted by Crippen LogP contribution is 2.74. The number of fused-ring (bicyclic) bond motifs is 25. The normalized spacial score (nSPS) is 46.8. The molecule has 0 bridgehead atoms. The van der Waals surface area contributed by atoms with Crippen LogP contribution < -0.4 is 4.74 Å². The molecule has 20 aliphatic rings. The van der Waals surface area contributed by atoms with Crippen molar-refractivity contribution >= 4 is 52.1 Å². The van der Waals surface area contributed by atoms with Gasteiger partial charge in [-0.15, -0.1) is 0 Å². The van der Waals surface area contributed by atoms with Crippen molar-refractivity contribution in [1.29, 1.82) is 0 Å². The number of hydrogen-bond acceptors (Lipinski definition) is 11. The predicted octanol–water partition coefficient (Wildman–Crippen LogP) is 32.2. The third-order valence-electron chi connectivity index (χ3n) is 50.5. The molecule has 148 heavy (non-hydrogen) atoms. The van der Waals surface area contributed by atoms with Crippen LogP contribution in [0.2, 0.25) is 10.0 Å². The number of benzene rings is 5. The SMILES string of the molecule is COc1cccc(C(=O)[C@H]2CC[C@H]3[C@@H]4CC[C@@H]5C[C@](C)(O)CC[C@@H]5[C@H]4CC[C@]23C)c1.C[C@@]1(O)CC[C@@]2(C)[C@H](CC[C@@H]3[C@@H]2CC[C@]2(C)[C@@H](C(=O)c4cccc(Cl)c4)CC[C@@H]32)C1.C[C@@]1(O)CC[C@H]2[C@H](CC[C@@H]3[C@@H]2CC[C@]2(C)[C@@H](C(=O)c4cccc(Cl)c4)CC[C@@H]32)C1.Cc1cccc(C(=O)[C@H]2CC[C@H]3[C@@H]4CC[C@@H]5C[C@](C)(O)CC[C@]5(C)[C@H]4CC[C@]23C)c1.Cc1ccccc1C(=O)[C@H]1CC[C@H]2[C@@H]3CC[C@@H]4C[C@](C)(O)CC[C@@H]4[C@H]3CC[C@]12C. The van der Waals surface area contributed by atoms with Gasteiger partial charge in [0.25, 0.3) is 0 Å². The number of methoxy groups -OCH3 is 1. The first-order chi connectivity index (χ1) is 70.2. The molecule has 13 heteroatoms. The van der Waals surface area contributed by atoms with Crippen molar-refractivity contribution in [3.8, 4) is 5.75 Å². The highest BCUT2D eigenvalue weighted by Gasteiger charge is 2.68. The third kappa shape index (κ3) is 19.7. The van der Waals surface area contributed by atoms with Gasteiger partial charge < -0.3 is 30.3 Å². The largest absolute Gasteiger partial charge is 0.497 e. The van der Waals surface area contributed by atoms with Gasteiger partial charge in [-0.2, -0.15) is 0 Å². The van der Waals surface area contributed by atoms with Gasteiger partial charge in [0.2, 0.25) is 0 Å². The lowest BCUT2D eigenvalue weighted by Gasteiger charge is -2.61. The van der Waals surface area contributed by atoms with Gasteiger partial charge in [0, 0.05) is 67.5 Å². The minimum Gasteiger partial charge on any atom is -0.497 e. The smallest absolute Gasteiger partial charge is 0.166 e. The summed E-state index contributed by atoms with van der Waals surface area (Å²) in [6, 6.07) is 39.3. The molecule has 25 rings (SSSR count). The average Bonchev–Trinajstić information content (AvgIpc) is 1.66. The number of Topliss-reactive ketones (excluding diaryl/α,β-unsaturated/α-hetero) is 5. The first-order valence-electron chi connectivity index (χ1n) is 60.8. The summed E-state index contributed by atoms with van der Waals surface area (Å²) in [7, 11) is 1.67. The van der Waals surface area contributed by atoms with Crippen molar-refractivity contribution in [2.24, 2.45) is 204 Å². The van der Waals surface area contributed by atoms with Crippen molar-refractivity contribution in [3.63, 3.8) is 0 Å². The van der Waals surface area contributed by atoms with Crippen LogP contribution in [-0.2, 0) is 0 Å². The molecule has 5 aromatic carbocycles. The van der Waals surface area contributed by atoms with Crippen LogP contribution in [-0.4, -0.2) is 89.6 Å². The fraction of sp³-hybridized carbons (Fsp3) is 0.741. The van der Waals surface area contributed by atoms with E-state index < -0.39 is 28.0 Å². The van der Waals surface area contributed by atoms with Crippen molar-refractivity contribution in [1.82, 2.24) is 0 Å². The van der Waals surface area contributed by atoms with E-state index in [9.17, 15) is 49.5 Å². The molecule has 0 amide bonds. The van der Waals surface area contributed by atoms with Crippen LogP contribution in [0.5, 0.6) is 5.75 Å². The van der Waals surface area contributed by atoms with E-state index in [0.717, 1.165) is 236 Å². The number of rotatable bonds is 11.